The van der Waals surface area contributed by atoms with Gasteiger partial charge in [-0.2, -0.15) is 0 Å². The number of halogens is 1. The smallest absolute Gasteiger partial charge is 0.261 e. The maximum absolute atomic E-state index is 11.5. The van der Waals surface area contributed by atoms with Crippen LogP contribution in [0.1, 0.15) is 30.4 Å². The Hall–Kier alpha value is -0.780. The Kier molecular flexibility index (Phi) is 4.94. The van der Waals surface area contributed by atoms with Crippen molar-refractivity contribution in [2.45, 2.75) is 44.1 Å². The molecule has 4 nitrogen and oxygen atoms in total. The monoisotopic (exact) mass is 318 g/mol. The Balaban J connectivity index is 2.10. The molecule has 1 aliphatic heterocycles. The number of rotatable bonds is 4. The molecule has 6 heteroatoms. The van der Waals surface area contributed by atoms with Crippen LogP contribution in [-0.2, 0) is 13.8 Å². The molecule has 112 valence electrons. The second-order valence-electron chi connectivity index (χ2n) is 5.12. The Labute approximate surface area is 124 Å². The van der Waals surface area contributed by atoms with E-state index in [1.54, 1.807) is 26.0 Å². The van der Waals surface area contributed by atoms with Crippen molar-refractivity contribution in [3.63, 3.8) is 0 Å². The van der Waals surface area contributed by atoms with Crippen LogP contribution in [0.25, 0.3) is 0 Å². The van der Waals surface area contributed by atoms with Crippen LogP contribution in [0.2, 0.25) is 0 Å². The van der Waals surface area contributed by atoms with Crippen LogP contribution in [-0.4, -0.2) is 27.7 Å². The quantitative estimate of drug-likeness (QED) is 0.800. The van der Waals surface area contributed by atoms with E-state index in [0.29, 0.717) is 23.5 Å². The minimum absolute atomic E-state index is 0.126. The van der Waals surface area contributed by atoms with E-state index in [2.05, 4.69) is 0 Å². The molecule has 0 spiro atoms. The van der Waals surface area contributed by atoms with Gasteiger partial charge in [0.15, 0.2) is 0 Å². The van der Waals surface area contributed by atoms with Crippen molar-refractivity contribution in [1.82, 2.24) is 0 Å². The van der Waals surface area contributed by atoms with Crippen molar-refractivity contribution >= 4 is 19.7 Å². The summed E-state index contributed by atoms with van der Waals surface area (Å²) in [6.07, 6.45) is 3.40. The van der Waals surface area contributed by atoms with Crippen LogP contribution in [0.4, 0.5) is 0 Å². The van der Waals surface area contributed by atoms with E-state index in [4.69, 9.17) is 20.2 Å². The van der Waals surface area contributed by atoms with Gasteiger partial charge in [-0.3, -0.25) is 0 Å². The highest BCUT2D eigenvalue weighted by Crippen LogP contribution is 2.28. The third kappa shape index (κ3) is 3.87. The van der Waals surface area contributed by atoms with Gasteiger partial charge in [-0.25, -0.2) is 8.42 Å². The van der Waals surface area contributed by atoms with Gasteiger partial charge in [0.25, 0.3) is 9.05 Å². The second kappa shape index (κ2) is 6.33. The molecule has 2 rings (SSSR count). The molecule has 0 aromatic heterocycles. The third-order valence-electron chi connectivity index (χ3n) is 3.39. The first-order valence-electron chi connectivity index (χ1n) is 6.68. The van der Waals surface area contributed by atoms with E-state index < -0.39 is 9.05 Å². The largest absolute Gasteiger partial charge is 0.491 e. The van der Waals surface area contributed by atoms with Crippen molar-refractivity contribution < 1.29 is 17.9 Å². The summed E-state index contributed by atoms with van der Waals surface area (Å²) in [5.41, 5.74) is 1.19. The van der Waals surface area contributed by atoms with Gasteiger partial charge >= 0.3 is 0 Å². The van der Waals surface area contributed by atoms with Gasteiger partial charge < -0.3 is 9.47 Å². The SMILES string of the molecule is Cc1cc(OCC2CCCCO2)cc(C)c1S(=O)(=O)Cl. The topological polar surface area (TPSA) is 52.6 Å². The highest BCUT2D eigenvalue weighted by Gasteiger charge is 2.19. The van der Waals surface area contributed by atoms with Crippen LogP contribution >= 0.6 is 10.7 Å². The zero-order valence-corrected chi connectivity index (χ0v) is 13.3. The zero-order valence-electron chi connectivity index (χ0n) is 11.7. The molecule has 0 saturated carbocycles. The lowest BCUT2D eigenvalue weighted by atomic mass is 10.1. The predicted octanol–water partition coefficient (Wildman–Crippen LogP) is 3.18. The summed E-state index contributed by atoms with van der Waals surface area (Å²) in [7, 11) is 1.71. The molecule has 1 aromatic carbocycles. The van der Waals surface area contributed by atoms with Gasteiger partial charge in [0.1, 0.15) is 12.4 Å². The van der Waals surface area contributed by atoms with Crippen LogP contribution in [0.5, 0.6) is 5.75 Å². The Morgan fingerprint density at radius 2 is 1.95 bits per heavy atom. The Morgan fingerprint density at radius 1 is 1.30 bits per heavy atom. The standard InChI is InChI=1S/C14H19ClO4S/c1-10-7-13(8-11(2)14(10)20(15,16)17)19-9-12-5-3-4-6-18-12/h7-8,12H,3-6,9H2,1-2H3. The van der Waals surface area contributed by atoms with Gasteiger partial charge in [-0.1, -0.05) is 0 Å². The Morgan fingerprint density at radius 3 is 2.45 bits per heavy atom. The summed E-state index contributed by atoms with van der Waals surface area (Å²) in [6, 6.07) is 3.40. The minimum Gasteiger partial charge on any atom is -0.491 e. The molecule has 1 unspecified atom stereocenters. The van der Waals surface area contributed by atoms with Crippen molar-refractivity contribution in [1.29, 1.82) is 0 Å². The molecule has 0 amide bonds. The van der Waals surface area contributed by atoms with Crippen LogP contribution in [0.3, 0.4) is 0 Å². The average molecular weight is 319 g/mol. The molecular formula is C14H19ClO4S. The molecule has 0 aliphatic carbocycles. The van der Waals surface area contributed by atoms with E-state index in [0.717, 1.165) is 25.9 Å². The van der Waals surface area contributed by atoms with E-state index in [-0.39, 0.29) is 11.0 Å². The summed E-state index contributed by atoms with van der Waals surface area (Å²) in [5.74, 6) is 0.651. The van der Waals surface area contributed by atoms with E-state index in [9.17, 15) is 8.42 Å². The minimum atomic E-state index is -3.72. The highest BCUT2D eigenvalue weighted by atomic mass is 35.7. The lowest BCUT2D eigenvalue weighted by Crippen LogP contribution is -2.25. The zero-order chi connectivity index (χ0) is 14.8. The first-order chi connectivity index (χ1) is 9.38. The van der Waals surface area contributed by atoms with Crippen LogP contribution < -0.4 is 4.74 Å². The summed E-state index contributed by atoms with van der Waals surface area (Å²) < 4.78 is 34.3. The molecule has 0 bridgehead atoms. The molecule has 1 atom stereocenters. The number of aryl methyl sites for hydroxylation is 2. The number of hydrogen-bond acceptors (Lipinski definition) is 4. The van der Waals surface area contributed by atoms with Gasteiger partial charge in [0, 0.05) is 17.3 Å². The summed E-state index contributed by atoms with van der Waals surface area (Å²) in [5, 5.41) is 0. The number of hydrogen-bond donors (Lipinski definition) is 0. The summed E-state index contributed by atoms with van der Waals surface area (Å²) >= 11 is 0. The molecular weight excluding hydrogens is 300 g/mol. The normalized spacial score (nSPS) is 19.9. The molecule has 1 aromatic rings. The lowest BCUT2D eigenvalue weighted by molar-refractivity contribution is -0.0111. The van der Waals surface area contributed by atoms with Crippen molar-refractivity contribution in [3.05, 3.63) is 23.3 Å². The average Bonchev–Trinajstić information content (AvgIpc) is 2.35. The Bertz CT molecular complexity index is 554. The van der Waals surface area contributed by atoms with E-state index in [1.807, 2.05) is 0 Å². The predicted molar refractivity (Wildman–Crippen MR) is 78.0 cm³/mol. The summed E-state index contributed by atoms with van der Waals surface area (Å²) in [4.78, 5) is 0.167. The fourth-order valence-corrected chi connectivity index (χ4v) is 4.12. The van der Waals surface area contributed by atoms with Gasteiger partial charge in [-0.05, 0) is 56.4 Å². The number of benzene rings is 1. The fourth-order valence-electron chi connectivity index (χ4n) is 2.51. The van der Waals surface area contributed by atoms with Gasteiger partial charge in [0.05, 0.1) is 11.0 Å². The fraction of sp³-hybridized carbons (Fsp3) is 0.571. The maximum atomic E-state index is 11.5. The molecule has 0 radical (unpaired) electrons. The molecule has 1 fully saturated rings. The molecule has 1 saturated heterocycles. The van der Waals surface area contributed by atoms with Crippen molar-refractivity contribution in [2.24, 2.45) is 0 Å². The van der Waals surface area contributed by atoms with Crippen LogP contribution in [0, 0.1) is 13.8 Å². The molecule has 20 heavy (non-hydrogen) atoms. The van der Waals surface area contributed by atoms with E-state index >= 15 is 0 Å². The summed E-state index contributed by atoms with van der Waals surface area (Å²) in [6.45, 7) is 4.71. The maximum Gasteiger partial charge on any atom is 0.261 e. The van der Waals surface area contributed by atoms with Gasteiger partial charge in [0.2, 0.25) is 0 Å². The molecule has 1 aliphatic rings. The highest BCUT2D eigenvalue weighted by molar-refractivity contribution is 8.13. The van der Waals surface area contributed by atoms with Crippen molar-refractivity contribution in [3.8, 4) is 5.75 Å². The molecule has 0 N–H and O–H groups in total. The van der Waals surface area contributed by atoms with Gasteiger partial charge in [-0.15, -0.1) is 0 Å². The van der Waals surface area contributed by atoms with Crippen molar-refractivity contribution in [2.75, 3.05) is 13.2 Å². The van der Waals surface area contributed by atoms with E-state index in [1.165, 1.54) is 0 Å². The lowest BCUT2D eigenvalue weighted by Gasteiger charge is -2.23. The second-order valence-corrected chi connectivity index (χ2v) is 7.63. The van der Waals surface area contributed by atoms with Crippen LogP contribution in [0.15, 0.2) is 17.0 Å². The first kappa shape index (κ1) is 15.6. The number of ether oxygens (including phenoxy) is 2. The third-order valence-corrected chi connectivity index (χ3v) is 4.98. The first-order valence-corrected chi connectivity index (χ1v) is 8.99. The molecule has 1 heterocycles.